The number of nitrogens with one attached hydrogen (secondary N) is 1. The molecule has 2 bridgehead atoms. The maximum Gasteiger partial charge on any atom is 0.0955 e. The summed E-state index contributed by atoms with van der Waals surface area (Å²) in [5.41, 5.74) is 0. The first-order chi connectivity index (χ1) is 6.72. The molecular weight excluding hydrogens is 174 g/mol. The fourth-order valence-corrected chi connectivity index (χ4v) is 2.78. The molecule has 14 heavy (non-hydrogen) atoms. The number of fused-ring (bicyclic) bond motifs is 2. The van der Waals surface area contributed by atoms with Gasteiger partial charge in [-0.3, -0.25) is 10.3 Å². The van der Waals surface area contributed by atoms with Crippen LogP contribution >= 0.6 is 0 Å². The molecule has 0 aromatic rings. The van der Waals surface area contributed by atoms with Crippen molar-refractivity contribution in [2.75, 3.05) is 20.1 Å². The van der Waals surface area contributed by atoms with E-state index in [1.54, 1.807) is 0 Å². The van der Waals surface area contributed by atoms with E-state index in [9.17, 15) is 0 Å². The van der Waals surface area contributed by atoms with Gasteiger partial charge in [0.05, 0.1) is 5.84 Å². The van der Waals surface area contributed by atoms with Gasteiger partial charge in [0.25, 0.3) is 0 Å². The highest BCUT2D eigenvalue weighted by Gasteiger charge is 2.34. The summed E-state index contributed by atoms with van der Waals surface area (Å²) < 4.78 is 0. The maximum absolute atomic E-state index is 7.88. The summed E-state index contributed by atoms with van der Waals surface area (Å²) >= 11 is 0. The van der Waals surface area contributed by atoms with Crippen molar-refractivity contribution in [1.82, 2.24) is 9.80 Å². The van der Waals surface area contributed by atoms with Crippen molar-refractivity contribution < 1.29 is 0 Å². The lowest BCUT2D eigenvalue weighted by molar-refractivity contribution is 0.245. The van der Waals surface area contributed by atoms with Gasteiger partial charge >= 0.3 is 0 Å². The van der Waals surface area contributed by atoms with Crippen LogP contribution in [0.25, 0.3) is 0 Å². The lowest BCUT2D eigenvalue weighted by Crippen LogP contribution is -2.39. The van der Waals surface area contributed by atoms with E-state index in [2.05, 4.69) is 23.8 Å². The van der Waals surface area contributed by atoms with Crippen molar-refractivity contribution in [2.24, 2.45) is 0 Å². The third kappa shape index (κ3) is 1.65. The number of likely N-dealkylation sites (N-methyl/N-ethyl adjacent to an activating group) is 1. The van der Waals surface area contributed by atoms with Gasteiger partial charge in [-0.25, -0.2) is 0 Å². The second kappa shape index (κ2) is 3.89. The largest absolute Gasteiger partial charge is 0.359 e. The van der Waals surface area contributed by atoms with Crippen molar-refractivity contribution in [1.29, 1.82) is 5.41 Å². The van der Waals surface area contributed by atoms with Crippen LogP contribution in [0.15, 0.2) is 0 Å². The summed E-state index contributed by atoms with van der Waals surface area (Å²) in [7, 11) is 2.25. The third-order valence-corrected chi connectivity index (χ3v) is 3.87. The number of rotatable bonds is 1. The van der Waals surface area contributed by atoms with E-state index >= 15 is 0 Å². The van der Waals surface area contributed by atoms with Crippen LogP contribution in [0.2, 0.25) is 0 Å². The first-order valence-electron chi connectivity index (χ1n) is 5.76. The molecule has 0 radical (unpaired) electrons. The van der Waals surface area contributed by atoms with Crippen LogP contribution in [0, 0.1) is 5.41 Å². The maximum atomic E-state index is 7.88. The van der Waals surface area contributed by atoms with E-state index in [4.69, 9.17) is 5.41 Å². The molecule has 3 heteroatoms. The zero-order valence-corrected chi connectivity index (χ0v) is 9.29. The van der Waals surface area contributed by atoms with Crippen LogP contribution in [0.1, 0.15) is 32.6 Å². The Balaban J connectivity index is 2.03. The van der Waals surface area contributed by atoms with Gasteiger partial charge in [-0.15, -0.1) is 0 Å². The van der Waals surface area contributed by atoms with Crippen LogP contribution in [0.4, 0.5) is 0 Å². The van der Waals surface area contributed by atoms with Gasteiger partial charge in [0, 0.05) is 31.6 Å². The van der Waals surface area contributed by atoms with Gasteiger partial charge in [-0.05, 0) is 26.3 Å². The molecule has 2 aliphatic heterocycles. The number of hydrogen-bond donors (Lipinski definition) is 1. The van der Waals surface area contributed by atoms with E-state index in [-0.39, 0.29) is 0 Å². The van der Waals surface area contributed by atoms with Crippen LogP contribution in [-0.4, -0.2) is 47.9 Å². The highest BCUT2D eigenvalue weighted by molar-refractivity contribution is 5.78. The summed E-state index contributed by atoms with van der Waals surface area (Å²) in [6, 6.07) is 1.49. The molecule has 2 saturated heterocycles. The fraction of sp³-hybridized carbons (Fsp3) is 0.909. The predicted molar refractivity (Wildman–Crippen MR) is 58.8 cm³/mol. The van der Waals surface area contributed by atoms with Crippen LogP contribution < -0.4 is 0 Å². The van der Waals surface area contributed by atoms with Crippen LogP contribution in [0.5, 0.6) is 0 Å². The molecule has 2 aliphatic rings. The topological polar surface area (TPSA) is 30.3 Å². The second-order valence-corrected chi connectivity index (χ2v) is 4.59. The molecule has 0 aromatic heterocycles. The average molecular weight is 195 g/mol. The lowest BCUT2D eigenvalue weighted by atomic mass is 10.1. The predicted octanol–water partition coefficient (Wildman–Crippen LogP) is 1.54. The quantitative estimate of drug-likeness (QED) is 0.508. The minimum atomic E-state index is 0.703. The van der Waals surface area contributed by atoms with Crippen LogP contribution in [-0.2, 0) is 0 Å². The van der Waals surface area contributed by atoms with Gasteiger partial charge < -0.3 is 4.90 Å². The summed E-state index contributed by atoms with van der Waals surface area (Å²) in [5, 5.41) is 7.88. The summed E-state index contributed by atoms with van der Waals surface area (Å²) in [6.45, 7) is 4.26. The van der Waals surface area contributed by atoms with E-state index in [0.717, 1.165) is 31.4 Å². The molecule has 0 aromatic carbocycles. The SMILES string of the molecule is CCC(=N)N1CCC2CCC(C1)N2C. The Labute approximate surface area is 86.6 Å². The van der Waals surface area contributed by atoms with Gasteiger partial charge in [0.15, 0.2) is 0 Å². The van der Waals surface area contributed by atoms with Crippen molar-refractivity contribution in [3.05, 3.63) is 0 Å². The van der Waals surface area contributed by atoms with Gasteiger partial charge in [0.2, 0.25) is 0 Å². The minimum Gasteiger partial charge on any atom is -0.359 e. The van der Waals surface area contributed by atoms with Gasteiger partial charge in [0.1, 0.15) is 0 Å². The molecule has 2 atom stereocenters. The first-order valence-corrected chi connectivity index (χ1v) is 5.76. The highest BCUT2D eigenvalue weighted by Crippen LogP contribution is 2.28. The third-order valence-electron chi connectivity index (χ3n) is 3.87. The monoisotopic (exact) mass is 195 g/mol. The molecular formula is C11H21N3. The molecule has 0 saturated carbocycles. The average Bonchev–Trinajstić information content (AvgIpc) is 2.40. The van der Waals surface area contributed by atoms with E-state index in [1.165, 1.54) is 19.3 Å². The molecule has 2 fully saturated rings. The smallest absolute Gasteiger partial charge is 0.0955 e. The second-order valence-electron chi connectivity index (χ2n) is 4.59. The summed E-state index contributed by atoms with van der Waals surface area (Å²) in [5.74, 6) is 0.825. The van der Waals surface area contributed by atoms with Crippen molar-refractivity contribution in [2.45, 2.75) is 44.7 Å². The molecule has 0 spiro atoms. The normalized spacial score (nSPS) is 33.1. The standard InChI is InChI=1S/C11H21N3/c1-3-11(12)14-7-6-9-4-5-10(8-14)13(9)2/h9-10,12H,3-8H2,1-2H3. The molecule has 1 N–H and O–H groups in total. The first kappa shape index (κ1) is 9.97. The van der Waals surface area contributed by atoms with E-state index in [1.807, 2.05) is 0 Å². The number of nitrogens with zero attached hydrogens (tertiary/aromatic N) is 2. The molecule has 2 unspecified atom stereocenters. The number of likely N-dealkylation sites (tertiary alicyclic amines) is 1. The molecule has 3 nitrogen and oxygen atoms in total. The van der Waals surface area contributed by atoms with E-state index in [0.29, 0.717) is 6.04 Å². The molecule has 2 heterocycles. The van der Waals surface area contributed by atoms with Crippen molar-refractivity contribution in [3.63, 3.8) is 0 Å². The lowest BCUT2D eigenvalue weighted by Gasteiger charge is -2.27. The summed E-state index contributed by atoms with van der Waals surface area (Å²) in [4.78, 5) is 4.81. The Morgan fingerprint density at radius 2 is 2.00 bits per heavy atom. The van der Waals surface area contributed by atoms with Gasteiger partial charge in [-0.1, -0.05) is 6.92 Å². The molecule has 80 valence electrons. The van der Waals surface area contributed by atoms with Gasteiger partial charge in [-0.2, -0.15) is 0 Å². The van der Waals surface area contributed by atoms with E-state index < -0.39 is 0 Å². The Hall–Kier alpha value is -0.570. The zero-order chi connectivity index (χ0) is 10.1. The Kier molecular flexibility index (Phi) is 2.77. The number of amidine groups is 1. The Bertz CT molecular complexity index is 227. The van der Waals surface area contributed by atoms with Crippen LogP contribution in [0.3, 0.4) is 0 Å². The summed E-state index contributed by atoms with van der Waals surface area (Å²) in [6.07, 6.45) is 4.82. The van der Waals surface area contributed by atoms with Crippen molar-refractivity contribution in [3.8, 4) is 0 Å². The highest BCUT2D eigenvalue weighted by atomic mass is 15.3. The zero-order valence-electron chi connectivity index (χ0n) is 9.29. The van der Waals surface area contributed by atoms with Crippen molar-refractivity contribution >= 4 is 5.84 Å². The number of hydrogen-bond acceptors (Lipinski definition) is 2. The molecule has 2 rings (SSSR count). The minimum absolute atomic E-state index is 0.703. The molecule has 0 amide bonds. The Morgan fingerprint density at radius 1 is 1.29 bits per heavy atom. The Morgan fingerprint density at radius 3 is 2.71 bits per heavy atom. The fourth-order valence-electron chi connectivity index (χ4n) is 2.78. The molecule has 0 aliphatic carbocycles.